The number of nitrogens with one attached hydrogen (secondary N) is 1. The van der Waals surface area contributed by atoms with Gasteiger partial charge in [-0.3, -0.25) is 4.79 Å². The molecule has 7 heteroatoms. The van der Waals surface area contributed by atoms with Gasteiger partial charge in [-0.15, -0.1) is 0 Å². The number of carboxylic acid groups (broad SMARTS) is 1. The Hall–Kier alpha value is -2.83. The van der Waals surface area contributed by atoms with Crippen molar-refractivity contribution in [1.82, 2.24) is 5.32 Å². The zero-order valence-corrected chi connectivity index (χ0v) is 11.7. The van der Waals surface area contributed by atoms with E-state index in [0.29, 0.717) is 6.07 Å². The number of carbonyl (C=O) groups is 2. The fourth-order valence-electron chi connectivity index (χ4n) is 1.99. The van der Waals surface area contributed by atoms with Gasteiger partial charge in [-0.2, -0.15) is 0 Å². The van der Waals surface area contributed by atoms with Gasteiger partial charge in [-0.25, -0.2) is 18.0 Å². The van der Waals surface area contributed by atoms with Gasteiger partial charge < -0.3 is 10.4 Å². The number of halogens is 3. The first-order valence-corrected chi connectivity index (χ1v) is 6.60. The summed E-state index contributed by atoms with van der Waals surface area (Å²) in [5.41, 5.74) is -0.397. The minimum atomic E-state index is -1.45. The van der Waals surface area contributed by atoms with E-state index in [0.717, 1.165) is 18.2 Å². The molecular weight excluding hydrogens is 311 g/mol. The third kappa shape index (κ3) is 4.09. The third-order valence-electron chi connectivity index (χ3n) is 3.16. The van der Waals surface area contributed by atoms with Crippen molar-refractivity contribution in [3.63, 3.8) is 0 Å². The molecule has 2 aromatic rings. The minimum Gasteiger partial charge on any atom is -0.480 e. The van der Waals surface area contributed by atoms with Crippen LogP contribution in [0.25, 0.3) is 0 Å². The van der Waals surface area contributed by atoms with Crippen LogP contribution < -0.4 is 5.32 Å². The van der Waals surface area contributed by atoms with Crippen LogP contribution in [-0.4, -0.2) is 23.0 Å². The first-order valence-electron chi connectivity index (χ1n) is 6.60. The Morgan fingerprint density at radius 2 is 1.74 bits per heavy atom. The normalized spacial score (nSPS) is 11.8. The summed E-state index contributed by atoms with van der Waals surface area (Å²) < 4.78 is 39.9. The van der Waals surface area contributed by atoms with Gasteiger partial charge in [0.15, 0.2) is 0 Å². The lowest BCUT2D eigenvalue weighted by molar-refractivity contribution is -0.139. The Labute approximate surface area is 129 Å². The van der Waals surface area contributed by atoms with Crippen molar-refractivity contribution < 1.29 is 27.9 Å². The lowest BCUT2D eigenvalue weighted by Crippen LogP contribution is -2.42. The molecule has 0 aliphatic heterocycles. The largest absolute Gasteiger partial charge is 0.480 e. The second kappa shape index (κ2) is 6.95. The molecule has 1 atom stereocenters. The zero-order valence-electron chi connectivity index (χ0n) is 11.7. The summed E-state index contributed by atoms with van der Waals surface area (Å²) in [5.74, 6) is -5.01. The molecule has 0 bridgehead atoms. The molecule has 120 valence electrons. The minimum absolute atomic E-state index is 0.0970. The molecular formula is C16H12F3NO3. The fraction of sp³-hybridized carbons (Fsp3) is 0.125. The van der Waals surface area contributed by atoms with Crippen LogP contribution in [0.3, 0.4) is 0 Å². The van der Waals surface area contributed by atoms with Crippen molar-refractivity contribution in [2.24, 2.45) is 0 Å². The first-order chi connectivity index (χ1) is 10.9. The van der Waals surface area contributed by atoms with Crippen LogP contribution in [0.15, 0.2) is 42.5 Å². The van der Waals surface area contributed by atoms with E-state index in [9.17, 15) is 22.8 Å². The second-order valence-corrected chi connectivity index (χ2v) is 4.78. The van der Waals surface area contributed by atoms with Gasteiger partial charge in [0.25, 0.3) is 5.91 Å². The molecule has 0 saturated heterocycles. The highest BCUT2D eigenvalue weighted by atomic mass is 19.1. The maximum Gasteiger partial charge on any atom is 0.326 e. The number of rotatable bonds is 5. The zero-order chi connectivity index (χ0) is 17.0. The van der Waals surface area contributed by atoms with Crippen LogP contribution in [0.1, 0.15) is 15.9 Å². The van der Waals surface area contributed by atoms with Crippen LogP contribution in [0.4, 0.5) is 13.2 Å². The third-order valence-corrected chi connectivity index (χ3v) is 3.16. The van der Waals surface area contributed by atoms with E-state index in [2.05, 4.69) is 5.32 Å². The van der Waals surface area contributed by atoms with Gasteiger partial charge in [0.2, 0.25) is 0 Å². The Balaban J connectivity index is 2.18. The summed E-state index contributed by atoms with van der Waals surface area (Å²) in [6.07, 6.45) is -0.309. The number of carbonyl (C=O) groups excluding carboxylic acids is 1. The van der Waals surface area contributed by atoms with Gasteiger partial charge in [-0.1, -0.05) is 18.2 Å². The van der Waals surface area contributed by atoms with Gasteiger partial charge >= 0.3 is 5.97 Å². The van der Waals surface area contributed by atoms with Crippen LogP contribution in [0, 0.1) is 17.5 Å². The molecule has 1 amide bonds. The van der Waals surface area contributed by atoms with Crippen molar-refractivity contribution >= 4 is 11.9 Å². The van der Waals surface area contributed by atoms with Crippen molar-refractivity contribution in [1.29, 1.82) is 0 Å². The van der Waals surface area contributed by atoms with Crippen LogP contribution in [0.2, 0.25) is 0 Å². The fourth-order valence-corrected chi connectivity index (χ4v) is 1.99. The van der Waals surface area contributed by atoms with Gasteiger partial charge in [0.1, 0.15) is 23.5 Å². The van der Waals surface area contributed by atoms with Crippen LogP contribution in [-0.2, 0) is 11.2 Å². The molecule has 0 aromatic heterocycles. The highest BCUT2D eigenvalue weighted by Gasteiger charge is 2.23. The molecule has 0 spiro atoms. The van der Waals surface area contributed by atoms with Crippen LogP contribution >= 0.6 is 0 Å². The molecule has 0 unspecified atom stereocenters. The molecule has 0 fully saturated rings. The summed E-state index contributed by atoms with van der Waals surface area (Å²) in [5, 5.41) is 11.2. The predicted molar refractivity (Wildman–Crippen MR) is 75.4 cm³/mol. The summed E-state index contributed by atoms with van der Waals surface area (Å²) >= 11 is 0. The summed E-state index contributed by atoms with van der Waals surface area (Å²) in [4.78, 5) is 23.2. The molecule has 0 radical (unpaired) electrons. The second-order valence-electron chi connectivity index (χ2n) is 4.78. The van der Waals surface area contributed by atoms with Crippen molar-refractivity contribution in [2.45, 2.75) is 12.5 Å². The molecule has 0 aliphatic rings. The van der Waals surface area contributed by atoms with Crippen LogP contribution in [0.5, 0.6) is 0 Å². The lowest BCUT2D eigenvalue weighted by atomic mass is 10.0. The predicted octanol–water partition coefficient (Wildman–Crippen LogP) is 2.53. The van der Waals surface area contributed by atoms with E-state index < -0.39 is 40.9 Å². The molecule has 2 aromatic carbocycles. The van der Waals surface area contributed by atoms with E-state index in [1.54, 1.807) is 0 Å². The van der Waals surface area contributed by atoms with E-state index in [1.165, 1.54) is 18.2 Å². The van der Waals surface area contributed by atoms with Crippen molar-refractivity contribution in [2.75, 3.05) is 0 Å². The van der Waals surface area contributed by atoms with E-state index >= 15 is 0 Å². The number of amides is 1. The summed E-state index contributed by atoms with van der Waals surface area (Å²) in [6, 6.07) is 6.36. The Bertz CT molecular complexity index is 749. The summed E-state index contributed by atoms with van der Waals surface area (Å²) in [7, 11) is 0. The number of benzene rings is 2. The molecule has 23 heavy (non-hydrogen) atoms. The molecule has 2 rings (SSSR count). The highest BCUT2D eigenvalue weighted by Crippen LogP contribution is 2.12. The number of carboxylic acids is 1. The van der Waals surface area contributed by atoms with Gasteiger partial charge in [0.05, 0.1) is 5.56 Å². The summed E-state index contributed by atoms with van der Waals surface area (Å²) in [6.45, 7) is 0. The van der Waals surface area contributed by atoms with Crippen molar-refractivity contribution in [3.05, 3.63) is 71.0 Å². The van der Waals surface area contributed by atoms with Crippen molar-refractivity contribution in [3.8, 4) is 0 Å². The topological polar surface area (TPSA) is 66.4 Å². The quantitative estimate of drug-likeness (QED) is 0.888. The maximum absolute atomic E-state index is 13.6. The van der Waals surface area contributed by atoms with E-state index in [4.69, 9.17) is 5.11 Å². The smallest absolute Gasteiger partial charge is 0.326 e. The van der Waals surface area contributed by atoms with Gasteiger partial charge in [-0.05, 0) is 23.8 Å². The molecule has 2 N–H and O–H groups in total. The first kappa shape index (κ1) is 16.5. The number of hydrogen-bond acceptors (Lipinski definition) is 2. The van der Waals surface area contributed by atoms with E-state index in [1.807, 2.05) is 0 Å². The number of hydrogen-bond donors (Lipinski definition) is 2. The highest BCUT2D eigenvalue weighted by molar-refractivity contribution is 5.96. The number of aliphatic carboxylic acids is 1. The lowest BCUT2D eigenvalue weighted by Gasteiger charge is -2.15. The molecule has 0 aliphatic carbocycles. The molecule has 0 heterocycles. The maximum atomic E-state index is 13.6. The van der Waals surface area contributed by atoms with E-state index in [-0.39, 0.29) is 12.0 Å². The SMILES string of the molecule is O=C(N[C@@H](Cc1ccccc1F)C(=O)O)c1ccc(F)cc1F. The average Bonchev–Trinajstić information content (AvgIpc) is 2.48. The molecule has 4 nitrogen and oxygen atoms in total. The monoisotopic (exact) mass is 323 g/mol. The Kier molecular flexibility index (Phi) is 5.00. The Morgan fingerprint density at radius 3 is 2.35 bits per heavy atom. The van der Waals surface area contributed by atoms with Gasteiger partial charge in [0, 0.05) is 12.5 Å². The standard InChI is InChI=1S/C16H12F3NO3/c17-10-5-6-11(13(19)8-10)15(21)20-14(16(22)23)7-9-3-1-2-4-12(9)18/h1-6,8,14H,7H2,(H,20,21)(H,22,23)/t14-/m0/s1. The average molecular weight is 323 g/mol. The Morgan fingerprint density at radius 1 is 1.04 bits per heavy atom. The molecule has 0 saturated carbocycles.